The molecule has 1 atom stereocenters. The number of aliphatic hydroxyl groups excluding tert-OH is 1. The van der Waals surface area contributed by atoms with Crippen LogP contribution in [0.2, 0.25) is 0 Å². The number of aliphatic hydroxyl groups is 1. The molecule has 2 heteroatoms. The van der Waals surface area contributed by atoms with Crippen LogP contribution in [-0.4, -0.2) is 5.11 Å². The van der Waals surface area contributed by atoms with E-state index >= 15 is 0 Å². The van der Waals surface area contributed by atoms with Crippen molar-refractivity contribution >= 4 is 0 Å². The Hall–Kier alpha value is -1.80. The van der Waals surface area contributed by atoms with Crippen LogP contribution in [0.3, 0.4) is 0 Å². The molecular weight excluding hydrogens is 236 g/mol. The Kier molecular flexibility index (Phi) is 4.99. The van der Waals surface area contributed by atoms with Crippen LogP contribution in [0.25, 0.3) is 0 Å². The molecule has 19 heavy (non-hydrogen) atoms. The van der Waals surface area contributed by atoms with E-state index < -0.39 is 0 Å². The summed E-state index contributed by atoms with van der Waals surface area (Å²) in [5.41, 5.74) is 0.953. The Morgan fingerprint density at radius 2 is 1.58 bits per heavy atom. The summed E-state index contributed by atoms with van der Waals surface area (Å²) in [7, 11) is 0. The summed E-state index contributed by atoms with van der Waals surface area (Å²) in [4.78, 5) is 0. The third-order valence-corrected chi connectivity index (χ3v) is 3.07. The highest BCUT2D eigenvalue weighted by Gasteiger charge is 2.06. The fraction of sp³-hybridized carbons (Fsp3) is 0.294. The fourth-order valence-corrected chi connectivity index (χ4v) is 1.95. The standard InChI is InChI=1S/C17H20O2/c1-2-3-9-17(18)14-10-12-16(13-11-14)19-15-7-5-4-6-8-15/h4-8,10-13,17-18H,2-3,9H2,1H3/t17-/m0/s1. The van der Waals surface area contributed by atoms with Crippen LogP contribution in [0, 0.1) is 0 Å². The van der Waals surface area contributed by atoms with Crippen molar-refractivity contribution in [3.63, 3.8) is 0 Å². The zero-order valence-electron chi connectivity index (χ0n) is 11.3. The number of ether oxygens (including phenoxy) is 1. The number of hydrogen-bond donors (Lipinski definition) is 1. The maximum absolute atomic E-state index is 9.99. The van der Waals surface area contributed by atoms with E-state index in [1.807, 2.05) is 54.6 Å². The van der Waals surface area contributed by atoms with Gasteiger partial charge in [-0.15, -0.1) is 0 Å². The van der Waals surface area contributed by atoms with Gasteiger partial charge in [0.1, 0.15) is 11.5 Å². The van der Waals surface area contributed by atoms with Crippen LogP contribution in [-0.2, 0) is 0 Å². The molecule has 2 nitrogen and oxygen atoms in total. The SMILES string of the molecule is CCCC[C@H](O)c1ccc(Oc2ccccc2)cc1. The van der Waals surface area contributed by atoms with Gasteiger partial charge in [0.15, 0.2) is 0 Å². The maximum atomic E-state index is 9.99. The molecule has 0 saturated carbocycles. The highest BCUT2D eigenvalue weighted by atomic mass is 16.5. The lowest BCUT2D eigenvalue weighted by molar-refractivity contribution is 0.164. The van der Waals surface area contributed by atoms with Crippen LogP contribution >= 0.6 is 0 Å². The van der Waals surface area contributed by atoms with Crippen molar-refractivity contribution in [3.05, 3.63) is 60.2 Å². The van der Waals surface area contributed by atoms with Crippen molar-refractivity contribution in [2.75, 3.05) is 0 Å². The first kappa shape index (κ1) is 13.6. The number of benzene rings is 2. The van der Waals surface area contributed by atoms with Crippen LogP contribution in [0.1, 0.15) is 37.9 Å². The summed E-state index contributed by atoms with van der Waals surface area (Å²) >= 11 is 0. The normalized spacial score (nSPS) is 12.1. The van der Waals surface area contributed by atoms with E-state index in [0.29, 0.717) is 0 Å². The van der Waals surface area contributed by atoms with Gasteiger partial charge in [0.05, 0.1) is 6.10 Å². The van der Waals surface area contributed by atoms with Crippen molar-refractivity contribution in [2.24, 2.45) is 0 Å². The smallest absolute Gasteiger partial charge is 0.127 e. The molecule has 0 saturated heterocycles. The van der Waals surface area contributed by atoms with Crippen molar-refractivity contribution in [1.29, 1.82) is 0 Å². The number of rotatable bonds is 6. The largest absolute Gasteiger partial charge is 0.457 e. The van der Waals surface area contributed by atoms with Gasteiger partial charge in [0.2, 0.25) is 0 Å². The van der Waals surface area contributed by atoms with Crippen LogP contribution in [0.15, 0.2) is 54.6 Å². The third-order valence-electron chi connectivity index (χ3n) is 3.07. The van der Waals surface area contributed by atoms with Gasteiger partial charge in [-0.2, -0.15) is 0 Å². The van der Waals surface area contributed by atoms with Gasteiger partial charge in [-0.1, -0.05) is 50.1 Å². The molecule has 0 fully saturated rings. The highest BCUT2D eigenvalue weighted by Crippen LogP contribution is 2.25. The Morgan fingerprint density at radius 3 is 2.21 bits per heavy atom. The van der Waals surface area contributed by atoms with Gasteiger partial charge in [-0.05, 0) is 36.2 Å². The monoisotopic (exact) mass is 256 g/mol. The fourth-order valence-electron chi connectivity index (χ4n) is 1.95. The molecule has 0 unspecified atom stereocenters. The maximum Gasteiger partial charge on any atom is 0.127 e. The zero-order valence-corrected chi connectivity index (χ0v) is 11.3. The second-order valence-corrected chi connectivity index (χ2v) is 4.64. The molecule has 0 heterocycles. The van der Waals surface area contributed by atoms with E-state index in [2.05, 4.69) is 6.92 Å². The lowest BCUT2D eigenvalue weighted by Gasteiger charge is -2.11. The summed E-state index contributed by atoms with van der Waals surface area (Å²) in [5.74, 6) is 1.61. The van der Waals surface area contributed by atoms with Crippen molar-refractivity contribution < 1.29 is 9.84 Å². The van der Waals surface area contributed by atoms with Crippen LogP contribution in [0.5, 0.6) is 11.5 Å². The van der Waals surface area contributed by atoms with E-state index in [0.717, 1.165) is 36.3 Å². The lowest BCUT2D eigenvalue weighted by atomic mass is 10.0. The molecule has 2 rings (SSSR count). The van der Waals surface area contributed by atoms with Gasteiger partial charge in [0, 0.05) is 0 Å². The quantitative estimate of drug-likeness (QED) is 0.811. The van der Waals surface area contributed by atoms with Crippen molar-refractivity contribution in [1.82, 2.24) is 0 Å². The molecule has 2 aromatic carbocycles. The minimum Gasteiger partial charge on any atom is -0.457 e. The molecule has 0 aliphatic carbocycles. The van der Waals surface area contributed by atoms with E-state index in [-0.39, 0.29) is 6.10 Å². The second-order valence-electron chi connectivity index (χ2n) is 4.64. The van der Waals surface area contributed by atoms with Gasteiger partial charge >= 0.3 is 0 Å². The van der Waals surface area contributed by atoms with E-state index in [1.54, 1.807) is 0 Å². The third kappa shape index (κ3) is 4.11. The van der Waals surface area contributed by atoms with E-state index in [1.165, 1.54) is 0 Å². The van der Waals surface area contributed by atoms with Gasteiger partial charge in [-0.3, -0.25) is 0 Å². The van der Waals surface area contributed by atoms with Gasteiger partial charge < -0.3 is 9.84 Å². The Labute approximate surface area is 114 Å². The topological polar surface area (TPSA) is 29.5 Å². The van der Waals surface area contributed by atoms with Crippen molar-refractivity contribution in [3.8, 4) is 11.5 Å². The molecule has 0 spiro atoms. The highest BCUT2D eigenvalue weighted by molar-refractivity contribution is 5.33. The molecule has 0 aliphatic rings. The number of unbranched alkanes of at least 4 members (excludes halogenated alkanes) is 1. The Balaban J connectivity index is 1.98. The molecule has 0 radical (unpaired) electrons. The average Bonchev–Trinajstić information content (AvgIpc) is 2.46. The summed E-state index contributed by atoms with van der Waals surface area (Å²) in [5, 5.41) is 9.99. The predicted molar refractivity (Wildman–Crippen MR) is 77.4 cm³/mol. The first-order valence-electron chi connectivity index (χ1n) is 6.80. The zero-order chi connectivity index (χ0) is 13.5. The molecule has 100 valence electrons. The first-order chi connectivity index (χ1) is 9.29. The average molecular weight is 256 g/mol. The molecule has 0 aliphatic heterocycles. The Morgan fingerprint density at radius 1 is 0.947 bits per heavy atom. The number of para-hydroxylation sites is 1. The van der Waals surface area contributed by atoms with E-state index in [4.69, 9.17) is 4.74 Å². The predicted octanol–water partition coefficient (Wildman–Crippen LogP) is 4.70. The molecule has 2 aromatic rings. The lowest BCUT2D eigenvalue weighted by Crippen LogP contribution is -1.96. The second kappa shape index (κ2) is 6.95. The summed E-state index contributed by atoms with van der Waals surface area (Å²) < 4.78 is 5.71. The van der Waals surface area contributed by atoms with E-state index in [9.17, 15) is 5.11 Å². The molecule has 0 aromatic heterocycles. The summed E-state index contributed by atoms with van der Waals surface area (Å²) in [6.07, 6.45) is 2.59. The van der Waals surface area contributed by atoms with Gasteiger partial charge in [-0.25, -0.2) is 0 Å². The Bertz CT molecular complexity index is 476. The number of hydrogen-bond acceptors (Lipinski definition) is 2. The van der Waals surface area contributed by atoms with Crippen LogP contribution in [0.4, 0.5) is 0 Å². The minimum absolute atomic E-state index is 0.370. The minimum atomic E-state index is -0.370. The molecule has 1 N–H and O–H groups in total. The molecule has 0 amide bonds. The first-order valence-corrected chi connectivity index (χ1v) is 6.80. The van der Waals surface area contributed by atoms with Crippen LogP contribution < -0.4 is 4.74 Å². The van der Waals surface area contributed by atoms with Crippen molar-refractivity contribution in [2.45, 2.75) is 32.3 Å². The summed E-state index contributed by atoms with van der Waals surface area (Å²) in [6, 6.07) is 17.3. The molecular formula is C17H20O2. The van der Waals surface area contributed by atoms with Gasteiger partial charge in [0.25, 0.3) is 0 Å². The summed E-state index contributed by atoms with van der Waals surface area (Å²) in [6.45, 7) is 2.13. The molecule has 0 bridgehead atoms.